The summed E-state index contributed by atoms with van der Waals surface area (Å²) in [6.07, 6.45) is 0.611. The van der Waals surface area contributed by atoms with E-state index in [0.717, 1.165) is 5.69 Å². The molecule has 0 fully saturated rings. The number of benzene rings is 1. The van der Waals surface area contributed by atoms with Crippen LogP contribution in [0, 0.1) is 6.92 Å². The van der Waals surface area contributed by atoms with Crippen LogP contribution in [0.3, 0.4) is 0 Å². The molecule has 1 aliphatic rings. The Balaban J connectivity index is 1.87. The molecule has 0 aliphatic carbocycles. The minimum atomic E-state index is -0.229. The molecule has 3 rings (SSSR count). The number of hydrogen-bond acceptors (Lipinski definition) is 5. The lowest BCUT2D eigenvalue weighted by atomic mass is 10.1. The minimum Gasteiger partial charge on any atom is -0.286 e. The zero-order chi connectivity index (χ0) is 16.4. The van der Waals surface area contributed by atoms with E-state index >= 15 is 0 Å². The number of carbonyl (C=O) groups excluding carboxylic acids is 2. The van der Waals surface area contributed by atoms with Crippen LogP contribution in [0.2, 0.25) is 0 Å². The van der Waals surface area contributed by atoms with Crippen LogP contribution in [-0.2, 0) is 9.59 Å². The van der Waals surface area contributed by atoms with Crippen LogP contribution in [0.4, 0.5) is 10.8 Å². The molecule has 0 saturated carbocycles. The summed E-state index contributed by atoms with van der Waals surface area (Å²) in [6, 6.07) is 9.12. The summed E-state index contributed by atoms with van der Waals surface area (Å²) in [5.74, 6) is -0.340. The first-order valence-electron chi connectivity index (χ1n) is 7.22. The number of rotatable bonds is 3. The predicted octanol–water partition coefficient (Wildman–Crippen LogP) is 2.60. The van der Waals surface area contributed by atoms with Gasteiger partial charge in [0.05, 0.1) is 11.4 Å². The van der Waals surface area contributed by atoms with Crippen molar-refractivity contribution in [3.05, 3.63) is 41.4 Å². The van der Waals surface area contributed by atoms with E-state index in [4.69, 9.17) is 0 Å². The van der Waals surface area contributed by atoms with Crippen molar-refractivity contribution < 1.29 is 9.59 Å². The van der Waals surface area contributed by atoms with E-state index in [1.54, 1.807) is 19.2 Å². The number of thiazole rings is 1. The molecule has 0 atom stereocenters. The molecule has 0 bridgehead atoms. The van der Waals surface area contributed by atoms with Crippen molar-refractivity contribution in [2.24, 2.45) is 5.10 Å². The Bertz CT molecular complexity index is 769. The Morgan fingerprint density at radius 1 is 1.26 bits per heavy atom. The zero-order valence-electron chi connectivity index (χ0n) is 12.9. The molecule has 2 aromatic rings. The maximum absolute atomic E-state index is 12.6. The van der Waals surface area contributed by atoms with Crippen molar-refractivity contribution in [3.63, 3.8) is 0 Å². The molecule has 1 aromatic heterocycles. The summed E-state index contributed by atoms with van der Waals surface area (Å²) in [7, 11) is 1.67. The topological polar surface area (TPSA) is 65.9 Å². The number of hydrogen-bond donors (Lipinski definition) is 0. The molecule has 0 unspecified atom stereocenters. The highest BCUT2D eigenvalue weighted by Crippen LogP contribution is 2.23. The number of anilines is 2. The molecular weight excluding hydrogens is 312 g/mol. The molecule has 0 spiro atoms. The molecule has 0 N–H and O–H groups in total. The van der Waals surface area contributed by atoms with Crippen LogP contribution < -0.4 is 9.91 Å². The Morgan fingerprint density at radius 2 is 2.00 bits per heavy atom. The Morgan fingerprint density at radius 3 is 2.65 bits per heavy atom. The first kappa shape index (κ1) is 15.4. The highest BCUT2D eigenvalue weighted by Gasteiger charge is 2.28. The van der Waals surface area contributed by atoms with Gasteiger partial charge >= 0.3 is 0 Å². The molecule has 1 aliphatic heterocycles. The molecule has 2 amide bonds. The van der Waals surface area contributed by atoms with Gasteiger partial charge in [0.2, 0.25) is 5.91 Å². The first-order valence-corrected chi connectivity index (χ1v) is 8.10. The van der Waals surface area contributed by atoms with E-state index < -0.39 is 0 Å². The van der Waals surface area contributed by atoms with E-state index in [-0.39, 0.29) is 18.2 Å². The summed E-state index contributed by atoms with van der Waals surface area (Å²) < 4.78 is 0. The normalized spacial score (nSPS) is 14.6. The summed E-state index contributed by atoms with van der Waals surface area (Å²) in [5.41, 5.74) is 1.90. The average Bonchev–Trinajstić information content (AvgIpc) is 3.01. The summed E-state index contributed by atoms with van der Waals surface area (Å²) in [6.45, 7) is 1.88. The van der Waals surface area contributed by atoms with Gasteiger partial charge in [0.15, 0.2) is 5.13 Å². The van der Waals surface area contributed by atoms with Crippen LogP contribution in [-0.4, -0.2) is 29.6 Å². The molecule has 2 heterocycles. The first-order chi connectivity index (χ1) is 11.1. The summed E-state index contributed by atoms with van der Waals surface area (Å²) >= 11 is 1.41. The Labute approximate surface area is 138 Å². The van der Waals surface area contributed by atoms with Crippen molar-refractivity contribution in [3.8, 4) is 0 Å². The molecular formula is C16H16N4O2S. The number of carbonyl (C=O) groups is 2. The maximum Gasteiger partial charge on any atom is 0.276 e. The van der Waals surface area contributed by atoms with Crippen molar-refractivity contribution in [2.45, 2.75) is 19.8 Å². The number of aromatic nitrogens is 1. The highest BCUT2D eigenvalue weighted by atomic mass is 32.1. The van der Waals surface area contributed by atoms with Crippen LogP contribution in [0.15, 0.2) is 40.8 Å². The monoisotopic (exact) mass is 328 g/mol. The van der Waals surface area contributed by atoms with E-state index in [1.807, 2.05) is 30.5 Å². The molecule has 1 aromatic carbocycles. The second-order valence-electron chi connectivity index (χ2n) is 5.22. The van der Waals surface area contributed by atoms with E-state index in [1.165, 1.54) is 21.2 Å². The van der Waals surface area contributed by atoms with Crippen molar-refractivity contribution in [1.29, 1.82) is 0 Å². The van der Waals surface area contributed by atoms with Gasteiger partial charge in [-0.15, -0.1) is 11.3 Å². The average molecular weight is 328 g/mol. The third-order valence-corrected chi connectivity index (χ3v) is 4.51. The smallest absolute Gasteiger partial charge is 0.276 e. The van der Waals surface area contributed by atoms with E-state index in [9.17, 15) is 9.59 Å². The van der Waals surface area contributed by atoms with Crippen LogP contribution >= 0.6 is 11.3 Å². The molecule has 6 nitrogen and oxygen atoms in total. The minimum absolute atomic E-state index is 0.111. The van der Waals surface area contributed by atoms with Gasteiger partial charge in [-0.2, -0.15) is 5.10 Å². The van der Waals surface area contributed by atoms with Gasteiger partial charge in [-0.05, 0) is 19.1 Å². The second kappa shape index (κ2) is 6.29. The number of nitrogens with zero attached hydrogens (tertiary/aromatic N) is 4. The van der Waals surface area contributed by atoms with Crippen LogP contribution in [0.5, 0.6) is 0 Å². The standard InChI is InChI=1S/C16H16N4O2S/c1-11-10-23-16(17-11)19(2)15(22)13-8-9-14(21)20(18-13)12-6-4-3-5-7-12/h3-7,10H,8-9H2,1-2H3. The maximum atomic E-state index is 12.6. The summed E-state index contributed by atoms with van der Waals surface area (Å²) in [5, 5.41) is 8.09. The fourth-order valence-electron chi connectivity index (χ4n) is 2.25. The molecule has 23 heavy (non-hydrogen) atoms. The third-order valence-electron chi connectivity index (χ3n) is 3.48. The van der Waals surface area contributed by atoms with Crippen LogP contribution in [0.25, 0.3) is 0 Å². The molecule has 7 heteroatoms. The number of hydrazone groups is 1. The molecule has 0 radical (unpaired) electrons. The van der Waals surface area contributed by atoms with Gasteiger partial charge in [-0.3, -0.25) is 14.5 Å². The molecule has 118 valence electrons. The van der Waals surface area contributed by atoms with E-state index in [0.29, 0.717) is 23.0 Å². The van der Waals surface area contributed by atoms with Gasteiger partial charge < -0.3 is 0 Å². The number of aryl methyl sites for hydroxylation is 1. The van der Waals surface area contributed by atoms with Crippen molar-refractivity contribution in [1.82, 2.24) is 4.98 Å². The van der Waals surface area contributed by atoms with Gasteiger partial charge in [0.1, 0.15) is 5.71 Å². The molecule has 0 saturated heterocycles. The Kier molecular flexibility index (Phi) is 4.20. The van der Waals surface area contributed by atoms with Gasteiger partial charge in [0.25, 0.3) is 5.91 Å². The Hall–Kier alpha value is -2.54. The quantitative estimate of drug-likeness (QED) is 0.870. The largest absolute Gasteiger partial charge is 0.286 e. The van der Waals surface area contributed by atoms with Gasteiger partial charge in [-0.1, -0.05) is 18.2 Å². The lowest BCUT2D eigenvalue weighted by molar-refractivity contribution is -0.118. The lowest BCUT2D eigenvalue weighted by Crippen LogP contribution is -2.40. The van der Waals surface area contributed by atoms with Gasteiger partial charge in [0, 0.05) is 25.3 Å². The SMILES string of the molecule is Cc1csc(N(C)C(=O)C2=NN(c3ccccc3)C(=O)CC2)n1. The van der Waals surface area contributed by atoms with Gasteiger partial charge in [-0.25, -0.2) is 9.99 Å². The third kappa shape index (κ3) is 3.14. The lowest BCUT2D eigenvalue weighted by Gasteiger charge is -2.24. The second-order valence-corrected chi connectivity index (χ2v) is 6.06. The zero-order valence-corrected chi connectivity index (χ0v) is 13.7. The van der Waals surface area contributed by atoms with E-state index in [2.05, 4.69) is 10.1 Å². The van der Waals surface area contributed by atoms with Crippen molar-refractivity contribution >= 4 is 39.7 Å². The van der Waals surface area contributed by atoms with Crippen molar-refractivity contribution in [2.75, 3.05) is 17.0 Å². The number of para-hydroxylation sites is 1. The highest BCUT2D eigenvalue weighted by molar-refractivity contribution is 7.14. The number of amides is 2. The van der Waals surface area contributed by atoms with Crippen LogP contribution in [0.1, 0.15) is 18.5 Å². The summed E-state index contributed by atoms with van der Waals surface area (Å²) in [4.78, 5) is 30.5. The fourth-order valence-corrected chi connectivity index (χ4v) is 3.02. The predicted molar refractivity (Wildman–Crippen MR) is 90.9 cm³/mol. The fraction of sp³-hybridized carbons (Fsp3) is 0.250.